The zero-order chi connectivity index (χ0) is 23.4. The molecule has 8 nitrogen and oxygen atoms in total. The van der Waals surface area contributed by atoms with Crippen LogP contribution in [0.2, 0.25) is 0 Å². The predicted molar refractivity (Wildman–Crippen MR) is 121 cm³/mol. The molecule has 34 heavy (non-hydrogen) atoms. The lowest BCUT2D eigenvalue weighted by molar-refractivity contribution is 0.00777. The summed E-state index contributed by atoms with van der Waals surface area (Å²) in [6.07, 6.45) is 5.54. The van der Waals surface area contributed by atoms with E-state index in [-0.39, 0.29) is 17.5 Å². The number of piperidine rings is 1. The number of aromatic nitrogens is 5. The molecule has 6 rings (SSSR count). The number of hydrogen-bond acceptors (Lipinski definition) is 6. The van der Waals surface area contributed by atoms with E-state index in [4.69, 9.17) is 0 Å². The fourth-order valence-electron chi connectivity index (χ4n) is 4.90. The van der Waals surface area contributed by atoms with Crippen molar-refractivity contribution in [3.63, 3.8) is 0 Å². The molecule has 2 atom stereocenters. The topological polar surface area (TPSA) is 80.0 Å². The average molecular weight is 461 g/mol. The minimum absolute atomic E-state index is 0.0302. The molecule has 2 aromatic heterocycles. The van der Waals surface area contributed by atoms with Gasteiger partial charge < -0.3 is 9.80 Å². The minimum atomic E-state index is -0.994. The Morgan fingerprint density at radius 3 is 2.74 bits per heavy atom. The fraction of sp³-hybridized carbons (Fsp3) is 0.292. The van der Waals surface area contributed by atoms with Crippen molar-refractivity contribution in [1.82, 2.24) is 29.9 Å². The largest absolute Gasteiger partial charge is 0.353 e. The number of carbonyl (C=O) groups excluding carboxylic acids is 1. The molecule has 2 fully saturated rings. The number of aryl methyl sites for hydroxylation is 1. The molecular formula is C24H21F2N7O. The van der Waals surface area contributed by atoms with Gasteiger partial charge in [-0.1, -0.05) is 11.6 Å². The van der Waals surface area contributed by atoms with Crippen LogP contribution in [0.25, 0.3) is 16.7 Å². The van der Waals surface area contributed by atoms with Crippen LogP contribution in [0.4, 0.5) is 14.6 Å². The highest BCUT2D eigenvalue weighted by atomic mass is 19.2. The zero-order valence-electron chi connectivity index (χ0n) is 18.4. The zero-order valence-corrected chi connectivity index (χ0v) is 18.4. The number of fused-ring (bicyclic) bond motifs is 2. The molecule has 0 bridgehead atoms. The number of carbonyl (C=O) groups is 1. The van der Waals surface area contributed by atoms with E-state index in [1.165, 1.54) is 17.1 Å². The van der Waals surface area contributed by atoms with Crippen molar-refractivity contribution >= 4 is 22.8 Å². The van der Waals surface area contributed by atoms with E-state index in [1.54, 1.807) is 12.4 Å². The molecular weight excluding hydrogens is 440 g/mol. The van der Waals surface area contributed by atoms with Gasteiger partial charge in [-0.3, -0.25) is 4.79 Å². The molecule has 0 aliphatic carbocycles. The summed E-state index contributed by atoms with van der Waals surface area (Å²) in [5.74, 6) is -0.989. The molecule has 10 heteroatoms. The van der Waals surface area contributed by atoms with Crippen molar-refractivity contribution in [1.29, 1.82) is 0 Å². The molecule has 172 valence electrons. The van der Waals surface area contributed by atoms with Crippen molar-refractivity contribution in [2.75, 3.05) is 24.5 Å². The molecule has 0 radical (unpaired) electrons. The van der Waals surface area contributed by atoms with Crippen LogP contribution >= 0.6 is 0 Å². The molecule has 4 heterocycles. The van der Waals surface area contributed by atoms with Gasteiger partial charge in [0.2, 0.25) is 0 Å². The molecule has 0 saturated carbocycles. The van der Waals surface area contributed by atoms with Crippen LogP contribution < -0.4 is 4.90 Å². The monoisotopic (exact) mass is 461 g/mol. The molecule has 2 saturated heterocycles. The maximum atomic E-state index is 14.0. The molecule has 2 aliphatic heterocycles. The molecule has 1 amide bonds. The van der Waals surface area contributed by atoms with E-state index in [0.717, 1.165) is 24.6 Å². The van der Waals surface area contributed by atoms with Gasteiger partial charge in [-0.25, -0.2) is 18.7 Å². The summed E-state index contributed by atoms with van der Waals surface area (Å²) >= 11 is 0. The van der Waals surface area contributed by atoms with Gasteiger partial charge in [0.25, 0.3) is 5.91 Å². The Morgan fingerprint density at radius 2 is 1.91 bits per heavy atom. The van der Waals surface area contributed by atoms with Crippen molar-refractivity contribution in [2.45, 2.75) is 19.4 Å². The van der Waals surface area contributed by atoms with E-state index in [1.807, 2.05) is 30.0 Å². The summed E-state index contributed by atoms with van der Waals surface area (Å²) in [7, 11) is 0. The van der Waals surface area contributed by atoms with Crippen LogP contribution in [-0.4, -0.2) is 61.4 Å². The first-order chi connectivity index (χ1) is 16.5. The maximum absolute atomic E-state index is 14.0. The summed E-state index contributed by atoms with van der Waals surface area (Å²) in [5, 5.41) is 8.39. The second-order valence-corrected chi connectivity index (χ2v) is 8.82. The number of likely N-dealkylation sites (tertiary alicyclic amines) is 1. The molecule has 2 aliphatic rings. The average Bonchev–Trinajstić information content (AvgIpc) is 3.37. The van der Waals surface area contributed by atoms with Crippen LogP contribution in [0.3, 0.4) is 0 Å². The first kappa shape index (κ1) is 20.6. The van der Waals surface area contributed by atoms with Gasteiger partial charge in [-0.15, -0.1) is 0 Å². The summed E-state index contributed by atoms with van der Waals surface area (Å²) in [6.45, 7) is 4.01. The van der Waals surface area contributed by atoms with Gasteiger partial charge in [-0.05, 0) is 37.6 Å². The highest BCUT2D eigenvalue weighted by molar-refractivity contribution is 5.98. The SMILES string of the molecule is Cc1ccc(-n2nccn2)c(C(=O)N2C[C@H]3CCN(c4cnc5c(F)c(F)ccc5n4)C[C@H]32)c1. The summed E-state index contributed by atoms with van der Waals surface area (Å²) < 4.78 is 27.5. The van der Waals surface area contributed by atoms with Gasteiger partial charge in [0.15, 0.2) is 11.6 Å². The molecule has 2 aromatic carbocycles. The minimum Gasteiger partial charge on any atom is -0.353 e. The third-order valence-electron chi connectivity index (χ3n) is 6.75. The van der Waals surface area contributed by atoms with Crippen LogP contribution in [-0.2, 0) is 0 Å². The van der Waals surface area contributed by atoms with Gasteiger partial charge >= 0.3 is 0 Å². The van der Waals surface area contributed by atoms with Gasteiger partial charge in [0, 0.05) is 25.6 Å². The molecule has 0 spiro atoms. The van der Waals surface area contributed by atoms with E-state index in [2.05, 4.69) is 25.1 Å². The lowest BCUT2D eigenvalue weighted by atomic mass is 9.81. The van der Waals surface area contributed by atoms with E-state index in [0.29, 0.717) is 41.6 Å². The van der Waals surface area contributed by atoms with Crippen LogP contribution in [0.1, 0.15) is 22.3 Å². The number of hydrogen-bond donors (Lipinski definition) is 0. The Labute approximate surface area is 193 Å². The number of halogens is 2. The van der Waals surface area contributed by atoms with E-state index in [9.17, 15) is 13.6 Å². The van der Waals surface area contributed by atoms with Crippen LogP contribution in [0.15, 0.2) is 48.9 Å². The van der Waals surface area contributed by atoms with Crippen molar-refractivity contribution in [2.24, 2.45) is 5.92 Å². The Bertz CT molecular complexity index is 1410. The lowest BCUT2D eigenvalue weighted by Gasteiger charge is -2.53. The summed E-state index contributed by atoms with van der Waals surface area (Å²) in [6, 6.07) is 8.19. The van der Waals surface area contributed by atoms with E-state index >= 15 is 0 Å². The first-order valence-corrected chi connectivity index (χ1v) is 11.1. The predicted octanol–water partition coefficient (Wildman–Crippen LogP) is 3.15. The van der Waals surface area contributed by atoms with Crippen molar-refractivity contribution in [3.05, 3.63) is 71.7 Å². The summed E-state index contributed by atoms with van der Waals surface area (Å²) in [5.41, 5.74) is 2.41. The second kappa shape index (κ2) is 7.82. The Hall–Kier alpha value is -3.95. The Kier molecular flexibility index (Phi) is 4.75. The highest BCUT2D eigenvalue weighted by Crippen LogP contribution is 2.36. The van der Waals surface area contributed by atoms with E-state index < -0.39 is 11.6 Å². The van der Waals surface area contributed by atoms with Crippen molar-refractivity contribution in [3.8, 4) is 5.69 Å². The number of amides is 1. The normalized spacial score (nSPS) is 19.7. The third-order valence-corrected chi connectivity index (χ3v) is 6.75. The first-order valence-electron chi connectivity index (χ1n) is 11.1. The highest BCUT2D eigenvalue weighted by Gasteiger charge is 2.46. The molecule has 4 aromatic rings. The molecule has 0 N–H and O–H groups in total. The lowest BCUT2D eigenvalue weighted by Crippen LogP contribution is -2.66. The third kappa shape index (κ3) is 3.28. The van der Waals surface area contributed by atoms with Crippen molar-refractivity contribution < 1.29 is 13.6 Å². The Morgan fingerprint density at radius 1 is 1.09 bits per heavy atom. The summed E-state index contributed by atoms with van der Waals surface area (Å²) in [4.78, 5) is 27.6. The van der Waals surface area contributed by atoms with Gasteiger partial charge in [-0.2, -0.15) is 15.0 Å². The van der Waals surface area contributed by atoms with Gasteiger partial charge in [0.05, 0.1) is 41.4 Å². The van der Waals surface area contributed by atoms with Gasteiger partial charge in [0.1, 0.15) is 11.3 Å². The van der Waals surface area contributed by atoms with Crippen LogP contribution in [0, 0.1) is 24.5 Å². The van der Waals surface area contributed by atoms with Crippen LogP contribution in [0.5, 0.6) is 0 Å². The fourth-order valence-corrected chi connectivity index (χ4v) is 4.90. The number of benzene rings is 2. The molecule has 0 unspecified atom stereocenters. The smallest absolute Gasteiger partial charge is 0.256 e. The number of anilines is 1. The number of rotatable bonds is 3. The number of nitrogens with zero attached hydrogens (tertiary/aromatic N) is 7. The quantitative estimate of drug-likeness (QED) is 0.466. The Balaban J connectivity index is 1.26. The standard InChI is InChI=1S/C24H21F2N7O/c1-14-2-5-19(33-28-7-8-29-33)16(10-14)24(34)32-12-15-6-9-31(13-20(15)32)21-11-27-23-18(30-21)4-3-17(25)22(23)26/h2-5,7-8,10-11,15,20H,6,9,12-13H2,1H3/t15-,20-/m1/s1. The maximum Gasteiger partial charge on any atom is 0.256 e. The second-order valence-electron chi connectivity index (χ2n) is 8.82.